The van der Waals surface area contributed by atoms with Gasteiger partial charge in [-0.25, -0.2) is 0 Å². The lowest BCUT2D eigenvalue weighted by atomic mass is 9.99. The van der Waals surface area contributed by atoms with E-state index < -0.39 is 49.5 Å². The number of unbranched alkanes of at least 4 members (excludes halogenated alkanes) is 25. The molecule has 1 amide bonds. The summed E-state index contributed by atoms with van der Waals surface area (Å²) in [6.07, 6.45) is 45.8. The normalized spacial score (nSPS) is 20.9. The van der Waals surface area contributed by atoms with Crippen LogP contribution in [0.4, 0.5) is 0 Å². The SMILES string of the molecule is CCCCCCCC/C=C\CCCCCCCCCC(=O)NC(COC1OC(CO)C(O)C(O)C1O)C(O)/C=C/CC/C=C/CC/C=C/CCCCCCCCCCCC. The Morgan fingerprint density at radius 3 is 1.40 bits per heavy atom. The first-order valence-corrected chi connectivity index (χ1v) is 24.9. The van der Waals surface area contributed by atoms with Crippen LogP contribution >= 0.6 is 0 Å². The number of aliphatic hydroxyl groups is 5. The Balaban J connectivity index is 2.37. The summed E-state index contributed by atoms with van der Waals surface area (Å²) in [5.74, 6) is -0.196. The highest BCUT2D eigenvalue weighted by Gasteiger charge is 2.44. The third kappa shape index (κ3) is 31.1. The van der Waals surface area contributed by atoms with Crippen LogP contribution in [-0.2, 0) is 14.3 Å². The first-order valence-electron chi connectivity index (χ1n) is 24.9. The largest absolute Gasteiger partial charge is 0.394 e. The fraction of sp³-hybridized carbons (Fsp3) is 0.824. The topological polar surface area (TPSA) is 149 Å². The van der Waals surface area contributed by atoms with Crippen LogP contribution in [0, 0.1) is 0 Å². The molecule has 0 saturated carbocycles. The van der Waals surface area contributed by atoms with E-state index in [1.54, 1.807) is 6.08 Å². The third-order valence-electron chi connectivity index (χ3n) is 11.6. The second kappa shape index (κ2) is 41.2. The van der Waals surface area contributed by atoms with Crippen LogP contribution in [0.1, 0.15) is 213 Å². The summed E-state index contributed by atoms with van der Waals surface area (Å²) in [5.41, 5.74) is 0. The quantitative estimate of drug-likeness (QED) is 0.0263. The number of aliphatic hydroxyl groups excluding tert-OH is 5. The molecule has 0 radical (unpaired) electrons. The van der Waals surface area contributed by atoms with Crippen molar-refractivity contribution in [3.63, 3.8) is 0 Å². The van der Waals surface area contributed by atoms with Crippen molar-refractivity contribution in [2.45, 2.75) is 256 Å². The molecule has 350 valence electrons. The van der Waals surface area contributed by atoms with Gasteiger partial charge in [-0.05, 0) is 70.6 Å². The Kier molecular flexibility index (Phi) is 38.5. The highest BCUT2D eigenvalue weighted by atomic mass is 16.7. The minimum absolute atomic E-state index is 0.196. The Morgan fingerprint density at radius 1 is 0.550 bits per heavy atom. The molecule has 7 unspecified atom stereocenters. The maximum atomic E-state index is 13.0. The number of amides is 1. The molecule has 1 aliphatic heterocycles. The van der Waals surface area contributed by atoms with Gasteiger partial charge in [0.05, 0.1) is 25.4 Å². The van der Waals surface area contributed by atoms with E-state index >= 15 is 0 Å². The predicted molar refractivity (Wildman–Crippen MR) is 249 cm³/mol. The van der Waals surface area contributed by atoms with Gasteiger partial charge in [0.15, 0.2) is 6.29 Å². The molecule has 0 bridgehead atoms. The summed E-state index contributed by atoms with van der Waals surface area (Å²) in [6.45, 7) is 3.75. The van der Waals surface area contributed by atoms with E-state index in [1.165, 1.54) is 135 Å². The number of hydrogen-bond acceptors (Lipinski definition) is 8. The van der Waals surface area contributed by atoms with E-state index in [-0.39, 0.29) is 12.5 Å². The van der Waals surface area contributed by atoms with E-state index in [0.717, 1.165) is 57.8 Å². The van der Waals surface area contributed by atoms with Crippen molar-refractivity contribution in [2.24, 2.45) is 0 Å². The van der Waals surface area contributed by atoms with Crippen LogP contribution in [-0.4, -0.2) is 87.5 Å². The lowest BCUT2D eigenvalue weighted by molar-refractivity contribution is -0.302. The van der Waals surface area contributed by atoms with Crippen LogP contribution in [0.5, 0.6) is 0 Å². The number of rotatable bonds is 41. The Bertz CT molecular complexity index is 1080. The summed E-state index contributed by atoms with van der Waals surface area (Å²) < 4.78 is 11.2. The van der Waals surface area contributed by atoms with E-state index in [0.29, 0.717) is 6.42 Å². The molecule has 0 aromatic rings. The van der Waals surface area contributed by atoms with Crippen molar-refractivity contribution >= 4 is 5.91 Å². The summed E-state index contributed by atoms with van der Waals surface area (Å²) in [7, 11) is 0. The molecule has 1 saturated heterocycles. The predicted octanol–water partition coefficient (Wildman–Crippen LogP) is 11.0. The van der Waals surface area contributed by atoms with Gasteiger partial charge in [0.25, 0.3) is 0 Å². The molecule has 0 spiro atoms. The molecule has 9 heteroatoms. The van der Waals surface area contributed by atoms with Crippen LogP contribution in [0.15, 0.2) is 48.6 Å². The van der Waals surface area contributed by atoms with Gasteiger partial charge in [-0.1, -0.05) is 184 Å². The van der Waals surface area contributed by atoms with Crippen molar-refractivity contribution in [3.05, 3.63) is 48.6 Å². The average Bonchev–Trinajstić information content (AvgIpc) is 3.25. The van der Waals surface area contributed by atoms with E-state index in [9.17, 15) is 30.3 Å². The number of nitrogens with one attached hydrogen (secondary N) is 1. The second-order valence-corrected chi connectivity index (χ2v) is 17.2. The van der Waals surface area contributed by atoms with Gasteiger partial charge in [-0.2, -0.15) is 0 Å². The Hall–Kier alpha value is -1.85. The number of carbonyl (C=O) groups is 1. The van der Waals surface area contributed by atoms with Gasteiger partial charge < -0.3 is 40.3 Å². The highest BCUT2D eigenvalue weighted by Crippen LogP contribution is 2.22. The number of carbonyl (C=O) groups excluding carboxylic acids is 1. The zero-order valence-corrected chi connectivity index (χ0v) is 38.5. The molecule has 1 heterocycles. The summed E-state index contributed by atoms with van der Waals surface area (Å²) in [6, 6.07) is -0.830. The average molecular weight is 848 g/mol. The number of ether oxygens (including phenoxy) is 2. The van der Waals surface area contributed by atoms with Gasteiger partial charge in [0.1, 0.15) is 24.4 Å². The third-order valence-corrected chi connectivity index (χ3v) is 11.6. The van der Waals surface area contributed by atoms with Crippen LogP contribution in [0.2, 0.25) is 0 Å². The molecule has 1 rings (SSSR count). The van der Waals surface area contributed by atoms with Gasteiger partial charge in [0, 0.05) is 6.42 Å². The van der Waals surface area contributed by atoms with Crippen molar-refractivity contribution < 1.29 is 39.8 Å². The Labute approximate surface area is 367 Å². The number of hydrogen-bond donors (Lipinski definition) is 6. The first kappa shape index (κ1) is 56.2. The standard InChI is InChI=1S/C51H93NO8/c1-3-5-7-9-11-13-15-17-19-21-22-23-25-26-28-30-32-34-36-38-40-45(54)44(43-59-51-50(58)49(57)48(56)46(42-53)60-51)52-47(55)41-39-37-35-33-31-29-27-24-20-18-16-14-12-10-8-6-4-2/h18,20,23,25,30,32,38,40,44-46,48-51,53-54,56-58H,3-17,19,21-22,24,26-29,31,33-37,39,41-43H2,1-2H3,(H,52,55)/b20-18-,25-23+,32-30+,40-38+. The lowest BCUT2D eigenvalue weighted by Gasteiger charge is -2.40. The molecule has 6 N–H and O–H groups in total. The minimum Gasteiger partial charge on any atom is -0.394 e. The maximum Gasteiger partial charge on any atom is 0.220 e. The van der Waals surface area contributed by atoms with Gasteiger partial charge >= 0.3 is 0 Å². The van der Waals surface area contributed by atoms with Crippen molar-refractivity contribution in [2.75, 3.05) is 13.2 Å². The van der Waals surface area contributed by atoms with Crippen molar-refractivity contribution in [1.82, 2.24) is 5.32 Å². The van der Waals surface area contributed by atoms with Crippen LogP contribution in [0.25, 0.3) is 0 Å². The molecule has 60 heavy (non-hydrogen) atoms. The number of allylic oxidation sites excluding steroid dienone is 7. The molecule has 0 aliphatic carbocycles. The zero-order valence-electron chi connectivity index (χ0n) is 38.5. The molecular weight excluding hydrogens is 755 g/mol. The molecule has 1 fully saturated rings. The fourth-order valence-corrected chi connectivity index (χ4v) is 7.59. The molecule has 0 aromatic carbocycles. The van der Waals surface area contributed by atoms with Gasteiger partial charge in [-0.15, -0.1) is 0 Å². The smallest absolute Gasteiger partial charge is 0.220 e. The van der Waals surface area contributed by atoms with Gasteiger partial charge in [-0.3, -0.25) is 4.79 Å². The Morgan fingerprint density at radius 2 is 0.950 bits per heavy atom. The van der Waals surface area contributed by atoms with Crippen molar-refractivity contribution in [3.8, 4) is 0 Å². The monoisotopic (exact) mass is 848 g/mol. The molecule has 7 atom stereocenters. The van der Waals surface area contributed by atoms with E-state index in [4.69, 9.17) is 9.47 Å². The highest BCUT2D eigenvalue weighted by molar-refractivity contribution is 5.76. The summed E-state index contributed by atoms with van der Waals surface area (Å²) >= 11 is 0. The molecule has 9 nitrogen and oxygen atoms in total. The van der Waals surface area contributed by atoms with E-state index in [2.05, 4.69) is 55.6 Å². The molecule has 1 aliphatic rings. The maximum absolute atomic E-state index is 13.0. The molecular formula is C51H93NO8. The molecule has 0 aromatic heterocycles. The van der Waals surface area contributed by atoms with Crippen LogP contribution < -0.4 is 5.32 Å². The zero-order chi connectivity index (χ0) is 43.7. The van der Waals surface area contributed by atoms with Crippen molar-refractivity contribution in [1.29, 1.82) is 0 Å². The first-order chi connectivity index (χ1) is 29.3. The van der Waals surface area contributed by atoms with E-state index in [1.807, 2.05) is 6.08 Å². The lowest BCUT2D eigenvalue weighted by Crippen LogP contribution is -2.60. The summed E-state index contributed by atoms with van der Waals surface area (Å²) in [5, 5.41) is 54.3. The fourth-order valence-electron chi connectivity index (χ4n) is 7.59. The second-order valence-electron chi connectivity index (χ2n) is 17.2. The minimum atomic E-state index is -1.58. The van der Waals surface area contributed by atoms with Gasteiger partial charge in [0.2, 0.25) is 5.91 Å². The summed E-state index contributed by atoms with van der Waals surface area (Å²) in [4.78, 5) is 13.0. The van der Waals surface area contributed by atoms with Crippen LogP contribution in [0.3, 0.4) is 0 Å².